The fourth-order valence-corrected chi connectivity index (χ4v) is 2.60. The second-order valence-corrected chi connectivity index (χ2v) is 5.85. The third-order valence-corrected chi connectivity index (χ3v) is 3.83. The highest BCUT2D eigenvalue weighted by molar-refractivity contribution is 5.49. The van der Waals surface area contributed by atoms with E-state index in [4.69, 9.17) is 4.98 Å². The number of hydrogen-bond donors (Lipinski definition) is 1. The Morgan fingerprint density at radius 1 is 1.10 bits per heavy atom. The highest BCUT2D eigenvalue weighted by Gasteiger charge is 2.15. The molecule has 0 saturated carbocycles. The van der Waals surface area contributed by atoms with E-state index in [1.807, 2.05) is 0 Å². The van der Waals surface area contributed by atoms with Crippen LogP contribution < -0.4 is 10.2 Å². The number of rotatable bonds is 6. The van der Waals surface area contributed by atoms with Gasteiger partial charge in [0.25, 0.3) is 0 Å². The minimum absolute atomic E-state index is 0.947. The summed E-state index contributed by atoms with van der Waals surface area (Å²) < 4.78 is 0. The first kappa shape index (κ1) is 16.0. The smallest absolute Gasteiger partial charge is 0.134 e. The number of anilines is 2. The molecule has 1 N–H and O–H groups in total. The van der Waals surface area contributed by atoms with Crippen molar-refractivity contribution in [3.63, 3.8) is 0 Å². The molecule has 1 aliphatic heterocycles. The zero-order chi connectivity index (χ0) is 15.1. The molecular formula is C16H29N5. The van der Waals surface area contributed by atoms with Crippen molar-refractivity contribution in [1.82, 2.24) is 14.9 Å². The fourth-order valence-electron chi connectivity index (χ4n) is 2.60. The predicted octanol–water partition coefficient (Wildman–Crippen LogP) is 2.39. The largest absolute Gasteiger partial charge is 0.370 e. The van der Waals surface area contributed by atoms with Crippen LogP contribution in [0.5, 0.6) is 0 Å². The van der Waals surface area contributed by atoms with Crippen LogP contribution in [-0.2, 0) is 6.42 Å². The van der Waals surface area contributed by atoms with E-state index in [1.54, 1.807) is 0 Å². The standard InChI is InChI=1S/C16H29N5/c1-4-7-14-18-15(17-8-5-2)13-16(19-14)21-10-6-9-20(3)11-12-21/h13H,4-12H2,1-3H3,(H,17,18,19). The zero-order valence-electron chi connectivity index (χ0n) is 13.7. The summed E-state index contributed by atoms with van der Waals surface area (Å²) in [5.41, 5.74) is 0. The van der Waals surface area contributed by atoms with Crippen LogP contribution in [0.3, 0.4) is 0 Å². The number of nitrogens with zero attached hydrogens (tertiary/aromatic N) is 4. The van der Waals surface area contributed by atoms with Gasteiger partial charge in [-0.1, -0.05) is 13.8 Å². The van der Waals surface area contributed by atoms with Gasteiger partial charge in [-0.25, -0.2) is 9.97 Å². The van der Waals surface area contributed by atoms with Crippen LogP contribution in [0.4, 0.5) is 11.6 Å². The first-order valence-electron chi connectivity index (χ1n) is 8.28. The third kappa shape index (κ3) is 4.84. The van der Waals surface area contributed by atoms with Crippen molar-refractivity contribution in [3.05, 3.63) is 11.9 Å². The molecule has 1 aromatic heterocycles. The highest BCUT2D eigenvalue weighted by Crippen LogP contribution is 2.18. The number of hydrogen-bond acceptors (Lipinski definition) is 5. The molecule has 5 heteroatoms. The van der Waals surface area contributed by atoms with Crippen LogP contribution in [0, 0.1) is 0 Å². The molecule has 5 nitrogen and oxygen atoms in total. The molecule has 21 heavy (non-hydrogen) atoms. The predicted molar refractivity (Wildman–Crippen MR) is 89.1 cm³/mol. The van der Waals surface area contributed by atoms with E-state index < -0.39 is 0 Å². The molecular weight excluding hydrogens is 262 g/mol. The minimum atomic E-state index is 0.947. The van der Waals surface area contributed by atoms with Gasteiger partial charge in [0.2, 0.25) is 0 Å². The maximum absolute atomic E-state index is 4.78. The molecule has 0 spiro atoms. The maximum Gasteiger partial charge on any atom is 0.134 e. The lowest BCUT2D eigenvalue weighted by Gasteiger charge is -2.22. The molecule has 1 fully saturated rings. The van der Waals surface area contributed by atoms with Gasteiger partial charge in [-0.15, -0.1) is 0 Å². The third-order valence-electron chi connectivity index (χ3n) is 3.83. The summed E-state index contributed by atoms with van der Waals surface area (Å²) in [5, 5.41) is 3.41. The summed E-state index contributed by atoms with van der Waals surface area (Å²) in [4.78, 5) is 14.2. The Kier molecular flexibility index (Phi) is 6.23. The van der Waals surface area contributed by atoms with Crippen molar-refractivity contribution in [3.8, 4) is 0 Å². The van der Waals surface area contributed by atoms with Gasteiger partial charge in [-0.2, -0.15) is 0 Å². The molecule has 0 unspecified atom stereocenters. The molecule has 0 aromatic carbocycles. The Bertz CT molecular complexity index is 435. The Morgan fingerprint density at radius 3 is 2.71 bits per heavy atom. The molecule has 0 atom stereocenters. The van der Waals surface area contributed by atoms with Gasteiger partial charge >= 0.3 is 0 Å². The Balaban J connectivity index is 2.17. The normalized spacial score (nSPS) is 16.8. The topological polar surface area (TPSA) is 44.3 Å². The van der Waals surface area contributed by atoms with Crippen LogP contribution in [0.1, 0.15) is 38.9 Å². The van der Waals surface area contributed by atoms with Crippen LogP contribution in [0.15, 0.2) is 6.07 Å². The number of aryl methyl sites for hydroxylation is 1. The lowest BCUT2D eigenvalue weighted by molar-refractivity contribution is 0.360. The average molecular weight is 291 g/mol. The lowest BCUT2D eigenvalue weighted by Crippen LogP contribution is -2.29. The van der Waals surface area contributed by atoms with E-state index in [0.29, 0.717) is 0 Å². The van der Waals surface area contributed by atoms with Crippen LogP contribution in [0.2, 0.25) is 0 Å². The Morgan fingerprint density at radius 2 is 1.95 bits per heavy atom. The number of aromatic nitrogens is 2. The maximum atomic E-state index is 4.78. The quantitative estimate of drug-likeness (QED) is 0.872. The molecule has 2 rings (SSSR count). The summed E-state index contributed by atoms with van der Waals surface area (Å²) >= 11 is 0. The summed E-state index contributed by atoms with van der Waals surface area (Å²) in [7, 11) is 2.19. The van der Waals surface area contributed by atoms with E-state index in [9.17, 15) is 0 Å². The van der Waals surface area contributed by atoms with Crippen molar-refractivity contribution in [2.24, 2.45) is 0 Å². The molecule has 0 bridgehead atoms. The SMILES string of the molecule is CCCNc1cc(N2CCCN(C)CC2)nc(CCC)n1. The van der Waals surface area contributed by atoms with Crippen molar-refractivity contribution < 1.29 is 0 Å². The molecule has 0 aliphatic carbocycles. The van der Waals surface area contributed by atoms with Crippen LogP contribution in [-0.4, -0.2) is 54.6 Å². The van der Waals surface area contributed by atoms with Gasteiger partial charge in [-0.05, 0) is 32.9 Å². The molecule has 1 aromatic rings. The van der Waals surface area contributed by atoms with Crippen LogP contribution >= 0.6 is 0 Å². The molecule has 0 radical (unpaired) electrons. The van der Waals surface area contributed by atoms with Gasteiger partial charge in [-0.3, -0.25) is 0 Å². The van der Waals surface area contributed by atoms with Gasteiger partial charge in [0.15, 0.2) is 0 Å². The van der Waals surface area contributed by atoms with Gasteiger partial charge in [0.1, 0.15) is 17.5 Å². The zero-order valence-corrected chi connectivity index (χ0v) is 13.7. The Labute approximate surface area is 128 Å². The van der Waals surface area contributed by atoms with Crippen molar-refractivity contribution >= 4 is 11.6 Å². The van der Waals surface area contributed by atoms with Gasteiger partial charge in [0, 0.05) is 38.7 Å². The van der Waals surface area contributed by atoms with Crippen LogP contribution in [0.25, 0.3) is 0 Å². The van der Waals surface area contributed by atoms with Crippen molar-refractivity contribution in [2.45, 2.75) is 39.5 Å². The average Bonchev–Trinajstić information content (AvgIpc) is 2.70. The van der Waals surface area contributed by atoms with E-state index in [-0.39, 0.29) is 0 Å². The molecule has 1 aliphatic rings. The minimum Gasteiger partial charge on any atom is -0.370 e. The second-order valence-electron chi connectivity index (χ2n) is 5.85. The van der Waals surface area contributed by atoms with E-state index in [2.05, 4.69) is 47.1 Å². The van der Waals surface area contributed by atoms with Gasteiger partial charge < -0.3 is 15.1 Å². The molecule has 118 valence electrons. The first-order valence-corrected chi connectivity index (χ1v) is 8.28. The Hall–Kier alpha value is -1.36. The molecule has 1 saturated heterocycles. The van der Waals surface area contributed by atoms with Gasteiger partial charge in [0.05, 0.1) is 0 Å². The monoisotopic (exact) mass is 291 g/mol. The molecule has 0 amide bonds. The van der Waals surface area contributed by atoms with E-state index in [1.165, 1.54) is 13.0 Å². The summed E-state index contributed by atoms with van der Waals surface area (Å²) in [6.07, 6.45) is 4.33. The molecule has 2 heterocycles. The van der Waals surface area contributed by atoms with Crippen molar-refractivity contribution in [2.75, 3.05) is 50.0 Å². The highest BCUT2D eigenvalue weighted by atomic mass is 15.2. The number of likely N-dealkylation sites (N-methyl/N-ethyl adjacent to an activating group) is 1. The lowest BCUT2D eigenvalue weighted by atomic mass is 10.3. The van der Waals surface area contributed by atoms with Crippen molar-refractivity contribution in [1.29, 1.82) is 0 Å². The summed E-state index contributed by atoms with van der Waals surface area (Å²) in [5.74, 6) is 3.02. The van der Waals surface area contributed by atoms with E-state index in [0.717, 1.165) is 62.9 Å². The summed E-state index contributed by atoms with van der Waals surface area (Å²) in [6.45, 7) is 9.72. The van der Waals surface area contributed by atoms with E-state index >= 15 is 0 Å². The first-order chi connectivity index (χ1) is 10.2. The second kappa shape index (κ2) is 8.17. The summed E-state index contributed by atoms with van der Waals surface area (Å²) in [6, 6.07) is 2.11. The fraction of sp³-hybridized carbons (Fsp3) is 0.750. The number of nitrogens with one attached hydrogen (secondary N) is 1.